The van der Waals surface area contributed by atoms with E-state index in [0.29, 0.717) is 17.4 Å². The second-order valence-corrected chi connectivity index (χ2v) is 3.75. The summed E-state index contributed by atoms with van der Waals surface area (Å²) in [6, 6.07) is 4.58. The topological polar surface area (TPSA) is 63.8 Å². The normalized spacial score (nSPS) is 10.3. The van der Waals surface area contributed by atoms with E-state index in [0.717, 1.165) is 5.56 Å². The average molecular weight is 224 g/mol. The van der Waals surface area contributed by atoms with Crippen molar-refractivity contribution in [2.75, 3.05) is 5.32 Å². The van der Waals surface area contributed by atoms with Gasteiger partial charge in [-0.05, 0) is 23.8 Å². The molecule has 0 fully saturated rings. The first-order valence-electron chi connectivity index (χ1n) is 4.30. The number of anilines is 2. The van der Waals surface area contributed by atoms with Gasteiger partial charge in [-0.15, -0.1) is 10.2 Å². The van der Waals surface area contributed by atoms with Gasteiger partial charge in [0.1, 0.15) is 11.3 Å². The lowest BCUT2D eigenvalue weighted by atomic mass is 10.2. The molecule has 2 rings (SSSR count). The van der Waals surface area contributed by atoms with Crippen molar-refractivity contribution in [3.63, 3.8) is 0 Å². The molecule has 0 spiro atoms. The maximum absolute atomic E-state index is 13.1. The van der Waals surface area contributed by atoms with Gasteiger partial charge < -0.3 is 11.1 Å². The lowest BCUT2D eigenvalue weighted by Gasteiger charge is -2.04. The molecule has 0 amide bonds. The summed E-state index contributed by atoms with van der Waals surface area (Å²) in [6.45, 7) is 0.308. The van der Waals surface area contributed by atoms with Crippen molar-refractivity contribution >= 4 is 22.2 Å². The van der Waals surface area contributed by atoms with Gasteiger partial charge in [-0.2, -0.15) is 0 Å². The molecule has 2 aromatic rings. The number of rotatable bonds is 3. The zero-order valence-corrected chi connectivity index (χ0v) is 8.59. The van der Waals surface area contributed by atoms with Crippen molar-refractivity contribution < 1.29 is 4.39 Å². The number of nitrogens with zero attached hydrogens (tertiary/aromatic N) is 2. The van der Waals surface area contributed by atoms with Crippen LogP contribution in [0.25, 0.3) is 0 Å². The van der Waals surface area contributed by atoms with E-state index in [2.05, 4.69) is 15.5 Å². The SMILES string of the molecule is NCc1cc(F)cc(Nc2nncs2)c1. The van der Waals surface area contributed by atoms with Gasteiger partial charge in [-0.25, -0.2) is 4.39 Å². The molecule has 0 atom stereocenters. The van der Waals surface area contributed by atoms with Crippen molar-refractivity contribution in [3.8, 4) is 0 Å². The maximum atomic E-state index is 13.1. The van der Waals surface area contributed by atoms with Crippen LogP contribution in [0.4, 0.5) is 15.2 Å². The van der Waals surface area contributed by atoms with Gasteiger partial charge in [-0.3, -0.25) is 0 Å². The van der Waals surface area contributed by atoms with Crippen molar-refractivity contribution in [1.29, 1.82) is 0 Å². The Labute approximate surface area is 90.0 Å². The fourth-order valence-electron chi connectivity index (χ4n) is 1.19. The van der Waals surface area contributed by atoms with Crippen LogP contribution >= 0.6 is 11.3 Å². The summed E-state index contributed by atoms with van der Waals surface area (Å²) in [4.78, 5) is 0. The zero-order valence-electron chi connectivity index (χ0n) is 7.77. The molecular weight excluding hydrogens is 215 g/mol. The molecule has 0 radical (unpaired) electrons. The van der Waals surface area contributed by atoms with Crippen LogP contribution in [0.1, 0.15) is 5.56 Å². The number of aromatic nitrogens is 2. The van der Waals surface area contributed by atoms with E-state index in [4.69, 9.17) is 5.73 Å². The molecule has 1 heterocycles. The van der Waals surface area contributed by atoms with Gasteiger partial charge in [0.05, 0.1) is 0 Å². The van der Waals surface area contributed by atoms with Crippen LogP contribution in [0.3, 0.4) is 0 Å². The molecule has 0 bridgehead atoms. The van der Waals surface area contributed by atoms with Crippen molar-refractivity contribution in [1.82, 2.24) is 10.2 Å². The van der Waals surface area contributed by atoms with Crippen molar-refractivity contribution in [2.24, 2.45) is 5.73 Å². The van der Waals surface area contributed by atoms with Crippen LogP contribution in [-0.2, 0) is 6.54 Å². The highest BCUT2D eigenvalue weighted by Crippen LogP contribution is 2.19. The fourth-order valence-corrected chi connectivity index (χ4v) is 1.66. The van der Waals surface area contributed by atoms with Crippen LogP contribution in [0, 0.1) is 5.82 Å². The number of hydrogen-bond donors (Lipinski definition) is 2. The third-order valence-electron chi connectivity index (χ3n) is 1.80. The quantitative estimate of drug-likeness (QED) is 0.835. The van der Waals surface area contributed by atoms with Gasteiger partial charge in [0.2, 0.25) is 5.13 Å². The second kappa shape index (κ2) is 4.33. The minimum Gasteiger partial charge on any atom is -0.330 e. The van der Waals surface area contributed by atoms with E-state index in [1.807, 2.05) is 0 Å². The molecule has 4 nitrogen and oxygen atoms in total. The molecule has 0 aliphatic rings. The molecule has 0 saturated carbocycles. The molecule has 6 heteroatoms. The zero-order chi connectivity index (χ0) is 10.7. The number of hydrogen-bond acceptors (Lipinski definition) is 5. The van der Waals surface area contributed by atoms with E-state index in [1.165, 1.54) is 23.5 Å². The first-order valence-corrected chi connectivity index (χ1v) is 5.18. The molecule has 15 heavy (non-hydrogen) atoms. The molecule has 0 aliphatic carbocycles. The van der Waals surface area contributed by atoms with E-state index in [1.54, 1.807) is 11.6 Å². The lowest BCUT2D eigenvalue weighted by molar-refractivity contribution is 0.626. The fraction of sp³-hybridized carbons (Fsp3) is 0.111. The number of benzene rings is 1. The molecule has 78 valence electrons. The largest absolute Gasteiger partial charge is 0.330 e. The standard InChI is InChI=1S/C9H9FN4S/c10-7-1-6(4-11)2-8(3-7)13-9-14-12-5-15-9/h1-3,5H,4,11H2,(H,13,14). The van der Waals surface area contributed by atoms with Crippen LogP contribution < -0.4 is 11.1 Å². The Morgan fingerprint density at radius 2 is 2.27 bits per heavy atom. The highest BCUT2D eigenvalue weighted by Gasteiger charge is 2.01. The Hall–Kier alpha value is -1.53. The smallest absolute Gasteiger partial charge is 0.209 e. The van der Waals surface area contributed by atoms with E-state index >= 15 is 0 Å². The minimum absolute atomic E-state index is 0.308. The molecular formula is C9H9FN4S. The number of nitrogens with two attached hydrogens (primary N) is 1. The maximum Gasteiger partial charge on any atom is 0.209 e. The Balaban J connectivity index is 2.24. The van der Waals surface area contributed by atoms with Crippen LogP contribution in [0.5, 0.6) is 0 Å². The summed E-state index contributed by atoms with van der Waals surface area (Å²) < 4.78 is 13.1. The highest BCUT2D eigenvalue weighted by molar-refractivity contribution is 7.13. The Kier molecular flexibility index (Phi) is 2.89. The summed E-state index contributed by atoms with van der Waals surface area (Å²) in [5.74, 6) is -0.315. The van der Waals surface area contributed by atoms with Gasteiger partial charge >= 0.3 is 0 Å². The molecule has 1 aromatic heterocycles. The van der Waals surface area contributed by atoms with Crippen molar-refractivity contribution in [3.05, 3.63) is 35.1 Å². The Bertz CT molecular complexity index is 443. The summed E-state index contributed by atoms with van der Waals surface area (Å²) in [7, 11) is 0. The number of halogens is 1. The Morgan fingerprint density at radius 1 is 1.40 bits per heavy atom. The summed E-state index contributed by atoms with van der Waals surface area (Å²) >= 11 is 1.35. The minimum atomic E-state index is -0.315. The van der Waals surface area contributed by atoms with E-state index < -0.39 is 0 Å². The van der Waals surface area contributed by atoms with E-state index in [9.17, 15) is 4.39 Å². The summed E-state index contributed by atoms with van der Waals surface area (Å²) in [6.07, 6.45) is 0. The first-order chi connectivity index (χ1) is 7.28. The molecule has 1 aromatic carbocycles. The third-order valence-corrected chi connectivity index (χ3v) is 2.41. The predicted octanol–water partition coefficient (Wildman–Crippen LogP) is 1.88. The van der Waals surface area contributed by atoms with E-state index in [-0.39, 0.29) is 5.82 Å². The highest BCUT2D eigenvalue weighted by atomic mass is 32.1. The van der Waals surface area contributed by atoms with Crippen LogP contribution in [-0.4, -0.2) is 10.2 Å². The predicted molar refractivity (Wildman–Crippen MR) is 57.5 cm³/mol. The molecule has 0 aliphatic heterocycles. The van der Waals surface area contributed by atoms with Crippen LogP contribution in [0.15, 0.2) is 23.7 Å². The monoisotopic (exact) mass is 224 g/mol. The number of nitrogens with one attached hydrogen (secondary N) is 1. The summed E-state index contributed by atoms with van der Waals surface area (Å²) in [5, 5.41) is 11.0. The molecule has 0 unspecified atom stereocenters. The van der Waals surface area contributed by atoms with Gasteiger partial charge in [-0.1, -0.05) is 11.3 Å². The summed E-state index contributed by atoms with van der Waals surface area (Å²) in [5.41, 5.74) is 8.41. The average Bonchev–Trinajstić information content (AvgIpc) is 2.69. The van der Waals surface area contributed by atoms with Crippen LogP contribution in [0.2, 0.25) is 0 Å². The van der Waals surface area contributed by atoms with Gasteiger partial charge in [0.25, 0.3) is 0 Å². The molecule has 3 N–H and O–H groups in total. The molecule has 0 saturated heterocycles. The van der Waals surface area contributed by atoms with Gasteiger partial charge in [0, 0.05) is 12.2 Å². The Morgan fingerprint density at radius 3 is 2.93 bits per heavy atom. The third kappa shape index (κ3) is 2.48. The lowest BCUT2D eigenvalue weighted by Crippen LogP contribution is -1.99. The van der Waals surface area contributed by atoms with Crippen molar-refractivity contribution in [2.45, 2.75) is 6.54 Å². The second-order valence-electron chi connectivity index (χ2n) is 2.92. The van der Waals surface area contributed by atoms with Gasteiger partial charge in [0.15, 0.2) is 0 Å². The first kappa shape index (κ1) is 10.0.